The first kappa shape index (κ1) is 17.3. The van der Waals surface area contributed by atoms with Crippen LogP contribution in [-0.4, -0.2) is 46.0 Å². The van der Waals surface area contributed by atoms with E-state index in [4.69, 9.17) is 0 Å². The van der Waals surface area contributed by atoms with E-state index < -0.39 is 0 Å². The molecule has 1 aliphatic heterocycles. The summed E-state index contributed by atoms with van der Waals surface area (Å²) in [4.78, 5) is 23.6. The fraction of sp³-hybridized carbons (Fsp3) is 0.444. The number of piperidine rings is 1. The van der Waals surface area contributed by atoms with E-state index in [2.05, 4.69) is 26.8 Å². The Labute approximate surface area is 147 Å². The number of hydrogen-bond donors (Lipinski definition) is 0. The van der Waals surface area contributed by atoms with Gasteiger partial charge in [0, 0.05) is 50.1 Å². The van der Waals surface area contributed by atoms with Gasteiger partial charge in [0.25, 0.3) is 5.69 Å². The second kappa shape index (κ2) is 7.57. The summed E-state index contributed by atoms with van der Waals surface area (Å²) in [6.07, 6.45) is 3.88. The Hall–Kier alpha value is -2.54. The Balaban J connectivity index is 1.63. The fourth-order valence-corrected chi connectivity index (χ4v) is 3.29. The van der Waals surface area contributed by atoms with E-state index in [1.165, 1.54) is 0 Å². The van der Waals surface area contributed by atoms with Crippen LogP contribution in [0.4, 0.5) is 11.5 Å². The largest absolute Gasteiger partial charge is 0.355 e. The Bertz CT molecular complexity index is 735. The van der Waals surface area contributed by atoms with Gasteiger partial charge in [0.2, 0.25) is 0 Å². The Morgan fingerprint density at radius 2 is 2.08 bits per heavy atom. The molecule has 132 valence electrons. The quantitative estimate of drug-likeness (QED) is 0.615. The number of nitro groups is 1. The number of rotatable bonds is 5. The van der Waals surface area contributed by atoms with Gasteiger partial charge >= 0.3 is 0 Å². The first-order valence-electron chi connectivity index (χ1n) is 8.50. The van der Waals surface area contributed by atoms with Crippen molar-refractivity contribution in [3.63, 3.8) is 0 Å². The molecule has 7 heteroatoms. The van der Waals surface area contributed by atoms with E-state index in [0.29, 0.717) is 6.04 Å². The van der Waals surface area contributed by atoms with Gasteiger partial charge in [0.15, 0.2) is 0 Å². The minimum atomic E-state index is -0.362. The lowest BCUT2D eigenvalue weighted by Crippen LogP contribution is -2.46. The molecule has 7 nitrogen and oxygen atoms in total. The van der Waals surface area contributed by atoms with Gasteiger partial charge in [-0.15, -0.1) is 0 Å². The molecule has 1 fully saturated rings. The first-order valence-corrected chi connectivity index (χ1v) is 8.50. The molecule has 3 rings (SSSR count). The molecule has 0 aliphatic carbocycles. The van der Waals surface area contributed by atoms with Crippen molar-refractivity contribution < 1.29 is 4.92 Å². The molecular formula is C18H23N5O2. The van der Waals surface area contributed by atoms with Crippen LogP contribution in [0.3, 0.4) is 0 Å². The van der Waals surface area contributed by atoms with Crippen LogP contribution in [0.1, 0.15) is 24.1 Å². The Morgan fingerprint density at radius 1 is 1.32 bits per heavy atom. The molecular weight excluding hydrogens is 318 g/mol. The van der Waals surface area contributed by atoms with Crippen LogP contribution in [0.15, 0.2) is 36.7 Å². The summed E-state index contributed by atoms with van der Waals surface area (Å²) in [7, 11) is 2.09. The zero-order chi connectivity index (χ0) is 17.8. The molecule has 0 saturated carbocycles. The van der Waals surface area contributed by atoms with Crippen molar-refractivity contribution in [2.45, 2.75) is 32.4 Å². The van der Waals surface area contributed by atoms with Crippen molar-refractivity contribution in [2.75, 3.05) is 25.0 Å². The Kier molecular flexibility index (Phi) is 5.23. The average Bonchev–Trinajstić information content (AvgIpc) is 2.62. The van der Waals surface area contributed by atoms with Crippen LogP contribution >= 0.6 is 0 Å². The number of likely N-dealkylation sites (tertiary alicyclic amines) is 1. The number of nitro benzene ring substituents is 1. The Morgan fingerprint density at radius 3 is 2.76 bits per heavy atom. The second-order valence-electron chi connectivity index (χ2n) is 6.58. The SMILES string of the molecule is Cc1cc(N(C)C2CCCN(Cc3ccc([N+](=O)[O-])cc3)C2)ncn1. The average molecular weight is 341 g/mol. The molecule has 0 bridgehead atoms. The van der Waals surface area contributed by atoms with Crippen LogP contribution in [0.25, 0.3) is 0 Å². The molecule has 25 heavy (non-hydrogen) atoms. The number of aryl methyl sites for hydroxylation is 1. The molecule has 0 amide bonds. The van der Waals surface area contributed by atoms with Crippen molar-refractivity contribution in [1.82, 2.24) is 14.9 Å². The number of anilines is 1. The van der Waals surface area contributed by atoms with Crippen LogP contribution in [-0.2, 0) is 6.54 Å². The highest BCUT2D eigenvalue weighted by atomic mass is 16.6. The van der Waals surface area contributed by atoms with E-state index in [0.717, 1.165) is 49.6 Å². The molecule has 2 aromatic rings. The molecule has 1 unspecified atom stereocenters. The standard InChI is InChI=1S/C18H23N5O2/c1-14-10-18(20-13-19-14)21(2)17-4-3-9-22(12-17)11-15-5-7-16(8-6-15)23(24)25/h5-8,10,13,17H,3-4,9,11-12H2,1-2H3. The number of aromatic nitrogens is 2. The highest BCUT2D eigenvalue weighted by molar-refractivity contribution is 5.39. The number of nitrogens with zero attached hydrogens (tertiary/aromatic N) is 5. The summed E-state index contributed by atoms with van der Waals surface area (Å²) in [5.74, 6) is 0.953. The number of non-ortho nitro benzene ring substituents is 1. The van der Waals surface area contributed by atoms with Crippen molar-refractivity contribution in [2.24, 2.45) is 0 Å². The molecule has 2 heterocycles. The zero-order valence-corrected chi connectivity index (χ0v) is 14.6. The summed E-state index contributed by atoms with van der Waals surface area (Å²) < 4.78 is 0. The molecule has 0 radical (unpaired) electrons. The predicted molar refractivity (Wildman–Crippen MR) is 96.6 cm³/mol. The molecule has 1 aliphatic rings. The van der Waals surface area contributed by atoms with Crippen LogP contribution < -0.4 is 4.90 Å². The van der Waals surface area contributed by atoms with Crippen molar-refractivity contribution in [3.05, 3.63) is 58.0 Å². The molecule has 1 atom stereocenters. The van der Waals surface area contributed by atoms with E-state index in [1.54, 1.807) is 18.5 Å². The van der Waals surface area contributed by atoms with Gasteiger partial charge in [-0.05, 0) is 31.9 Å². The highest BCUT2D eigenvalue weighted by Crippen LogP contribution is 2.22. The van der Waals surface area contributed by atoms with Crippen LogP contribution in [0.5, 0.6) is 0 Å². The van der Waals surface area contributed by atoms with Gasteiger partial charge in [0.1, 0.15) is 12.1 Å². The minimum absolute atomic E-state index is 0.138. The highest BCUT2D eigenvalue weighted by Gasteiger charge is 2.24. The zero-order valence-electron chi connectivity index (χ0n) is 14.6. The molecule has 1 aromatic heterocycles. The molecule has 0 spiro atoms. The fourth-order valence-electron chi connectivity index (χ4n) is 3.29. The van der Waals surface area contributed by atoms with E-state index in [9.17, 15) is 10.1 Å². The summed E-state index contributed by atoms with van der Waals surface area (Å²) in [5.41, 5.74) is 2.21. The summed E-state index contributed by atoms with van der Waals surface area (Å²) in [6.45, 7) is 4.78. The lowest BCUT2D eigenvalue weighted by atomic mass is 10.0. The lowest BCUT2D eigenvalue weighted by molar-refractivity contribution is -0.384. The molecule has 0 N–H and O–H groups in total. The maximum absolute atomic E-state index is 10.8. The molecule has 1 aromatic carbocycles. The minimum Gasteiger partial charge on any atom is -0.355 e. The lowest BCUT2D eigenvalue weighted by Gasteiger charge is -2.38. The van der Waals surface area contributed by atoms with E-state index in [-0.39, 0.29) is 10.6 Å². The van der Waals surface area contributed by atoms with Gasteiger partial charge in [-0.2, -0.15) is 0 Å². The third-order valence-corrected chi connectivity index (χ3v) is 4.73. The van der Waals surface area contributed by atoms with Crippen LogP contribution in [0, 0.1) is 17.0 Å². The second-order valence-corrected chi connectivity index (χ2v) is 6.58. The summed E-state index contributed by atoms with van der Waals surface area (Å²) in [6, 6.07) is 9.26. The normalized spacial score (nSPS) is 18.1. The molecule has 1 saturated heterocycles. The van der Waals surface area contributed by atoms with E-state index in [1.807, 2.05) is 25.1 Å². The monoisotopic (exact) mass is 341 g/mol. The van der Waals surface area contributed by atoms with Crippen molar-refractivity contribution in [3.8, 4) is 0 Å². The van der Waals surface area contributed by atoms with Gasteiger partial charge in [0.05, 0.1) is 4.92 Å². The first-order chi connectivity index (χ1) is 12.0. The van der Waals surface area contributed by atoms with Crippen LogP contribution in [0.2, 0.25) is 0 Å². The summed E-state index contributed by atoms with van der Waals surface area (Å²) in [5, 5.41) is 10.8. The van der Waals surface area contributed by atoms with Gasteiger partial charge < -0.3 is 4.90 Å². The smallest absolute Gasteiger partial charge is 0.269 e. The third-order valence-electron chi connectivity index (χ3n) is 4.73. The number of likely N-dealkylation sites (N-methyl/N-ethyl adjacent to an activating group) is 1. The topological polar surface area (TPSA) is 75.4 Å². The van der Waals surface area contributed by atoms with Gasteiger partial charge in [-0.1, -0.05) is 12.1 Å². The predicted octanol–water partition coefficient (Wildman–Crippen LogP) is 2.79. The van der Waals surface area contributed by atoms with Gasteiger partial charge in [-0.25, -0.2) is 9.97 Å². The van der Waals surface area contributed by atoms with Gasteiger partial charge in [-0.3, -0.25) is 15.0 Å². The number of benzene rings is 1. The van der Waals surface area contributed by atoms with Crippen molar-refractivity contribution in [1.29, 1.82) is 0 Å². The third kappa shape index (κ3) is 4.30. The number of hydrogen-bond acceptors (Lipinski definition) is 6. The van der Waals surface area contributed by atoms with E-state index >= 15 is 0 Å². The maximum Gasteiger partial charge on any atom is 0.269 e. The maximum atomic E-state index is 10.8. The summed E-state index contributed by atoms with van der Waals surface area (Å²) >= 11 is 0. The van der Waals surface area contributed by atoms with Crippen molar-refractivity contribution >= 4 is 11.5 Å².